The average Bonchev–Trinajstić information content (AvgIpc) is 3.21. The van der Waals surface area contributed by atoms with Crippen molar-refractivity contribution in [3.63, 3.8) is 0 Å². The smallest absolute Gasteiger partial charge is 0.271 e. The molecule has 0 bridgehead atoms. The minimum absolute atomic E-state index is 0.00679. The van der Waals surface area contributed by atoms with Crippen molar-refractivity contribution in [2.45, 2.75) is 13.3 Å². The number of hydrogen-bond acceptors (Lipinski definition) is 3. The van der Waals surface area contributed by atoms with Crippen molar-refractivity contribution in [1.82, 2.24) is 20.4 Å². The Hall–Kier alpha value is -3.41. The van der Waals surface area contributed by atoms with Gasteiger partial charge in [0.25, 0.3) is 5.91 Å². The number of H-pyrrole nitrogens is 1. The van der Waals surface area contributed by atoms with Gasteiger partial charge in [0.2, 0.25) is 5.91 Å². The van der Waals surface area contributed by atoms with Gasteiger partial charge in [0, 0.05) is 25.8 Å². The first-order valence-corrected chi connectivity index (χ1v) is 9.82. The molecule has 1 fully saturated rings. The highest BCUT2D eigenvalue weighted by Crippen LogP contribution is 2.22. The van der Waals surface area contributed by atoms with Crippen molar-refractivity contribution in [3.05, 3.63) is 77.6 Å². The number of hydrogen-bond donors (Lipinski definition) is 2. The summed E-state index contributed by atoms with van der Waals surface area (Å²) < 4.78 is 0. The van der Waals surface area contributed by atoms with Gasteiger partial charge < -0.3 is 10.2 Å². The molecular formula is C23H24N4O2. The first kappa shape index (κ1) is 18.9. The zero-order valence-electron chi connectivity index (χ0n) is 16.4. The molecular weight excluding hydrogens is 364 g/mol. The number of amides is 2. The Bertz CT molecular complexity index is 996. The molecule has 29 heavy (non-hydrogen) atoms. The predicted molar refractivity (Wildman–Crippen MR) is 111 cm³/mol. The molecule has 2 aromatic carbocycles. The van der Waals surface area contributed by atoms with Crippen LogP contribution in [-0.4, -0.2) is 46.5 Å². The van der Waals surface area contributed by atoms with E-state index in [0.717, 1.165) is 11.1 Å². The molecule has 0 aliphatic carbocycles. The van der Waals surface area contributed by atoms with Crippen molar-refractivity contribution in [2.75, 3.05) is 19.6 Å². The van der Waals surface area contributed by atoms with E-state index in [2.05, 4.69) is 71.0 Å². The van der Waals surface area contributed by atoms with E-state index in [1.807, 2.05) is 0 Å². The second kappa shape index (κ2) is 8.31. The lowest BCUT2D eigenvalue weighted by Gasteiger charge is -2.22. The molecule has 1 atom stereocenters. The normalized spacial score (nSPS) is 16.9. The summed E-state index contributed by atoms with van der Waals surface area (Å²) in [7, 11) is 0. The topological polar surface area (TPSA) is 78.1 Å². The summed E-state index contributed by atoms with van der Waals surface area (Å²) in [4.78, 5) is 26.9. The highest BCUT2D eigenvalue weighted by atomic mass is 16.2. The van der Waals surface area contributed by atoms with Crippen LogP contribution in [0.5, 0.6) is 0 Å². The standard InChI is InChI=1S/C23H24N4O2/c1-16-3-2-4-19(13-16)18-7-5-17(6-8-18)14-20-15-27(12-11-24-22(20)28)23(29)21-9-10-25-26-21/h2-10,13,20H,11-12,14-15H2,1H3,(H,24,28)(H,25,26). The van der Waals surface area contributed by atoms with E-state index in [0.29, 0.717) is 31.7 Å². The molecule has 3 aromatic rings. The van der Waals surface area contributed by atoms with Crippen LogP contribution in [0.15, 0.2) is 60.8 Å². The molecule has 4 rings (SSSR count). The molecule has 2 N–H and O–H groups in total. The van der Waals surface area contributed by atoms with Crippen molar-refractivity contribution in [3.8, 4) is 11.1 Å². The fourth-order valence-electron chi connectivity index (χ4n) is 3.73. The van der Waals surface area contributed by atoms with Crippen molar-refractivity contribution >= 4 is 11.8 Å². The Kier molecular flexibility index (Phi) is 5.42. The van der Waals surface area contributed by atoms with E-state index in [1.54, 1.807) is 17.2 Å². The SMILES string of the molecule is Cc1cccc(-c2ccc(CC3CN(C(=O)c4ccn[nH]4)CCNC3=O)cc2)c1. The molecule has 1 aliphatic heterocycles. The highest BCUT2D eigenvalue weighted by Gasteiger charge is 2.28. The zero-order chi connectivity index (χ0) is 20.2. The Morgan fingerprint density at radius 2 is 1.97 bits per heavy atom. The van der Waals surface area contributed by atoms with Crippen molar-refractivity contribution in [1.29, 1.82) is 0 Å². The Balaban J connectivity index is 1.48. The van der Waals surface area contributed by atoms with E-state index < -0.39 is 0 Å². The lowest BCUT2D eigenvalue weighted by molar-refractivity contribution is -0.124. The van der Waals surface area contributed by atoms with Crippen LogP contribution in [-0.2, 0) is 11.2 Å². The van der Waals surface area contributed by atoms with Gasteiger partial charge in [0.1, 0.15) is 5.69 Å². The number of carbonyl (C=O) groups excluding carboxylic acids is 2. The summed E-state index contributed by atoms with van der Waals surface area (Å²) in [5.41, 5.74) is 5.08. The van der Waals surface area contributed by atoms with Gasteiger partial charge in [0.05, 0.1) is 5.92 Å². The molecule has 0 spiro atoms. The van der Waals surface area contributed by atoms with Crippen LogP contribution in [0, 0.1) is 12.8 Å². The van der Waals surface area contributed by atoms with Crippen molar-refractivity contribution in [2.24, 2.45) is 5.92 Å². The summed E-state index contributed by atoms with van der Waals surface area (Å²) in [6, 6.07) is 18.4. The van der Waals surface area contributed by atoms with Crippen LogP contribution in [0.4, 0.5) is 0 Å². The Morgan fingerprint density at radius 1 is 1.14 bits per heavy atom. The monoisotopic (exact) mass is 388 g/mol. The van der Waals surface area contributed by atoms with E-state index in [9.17, 15) is 9.59 Å². The molecule has 1 aliphatic rings. The Labute approximate surface area is 169 Å². The summed E-state index contributed by atoms with van der Waals surface area (Å²) >= 11 is 0. The maximum Gasteiger partial charge on any atom is 0.271 e. The number of aromatic amines is 1. The van der Waals surface area contributed by atoms with Crippen LogP contribution in [0.3, 0.4) is 0 Å². The van der Waals surface area contributed by atoms with E-state index in [4.69, 9.17) is 0 Å². The Morgan fingerprint density at radius 3 is 2.69 bits per heavy atom. The van der Waals surface area contributed by atoms with Gasteiger partial charge in [0.15, 0.2) is 0 Å². The van der Waals surface area contributed by atoms with E-state index in [-0.39, 0.29) is 17.7 Å². The van der Waals surface area contributed by atoms with Gasteiger partial charge in [-0.25, -0.2) is 0 Å². The molecule has 6 nitrogen and oxygen atoms in total. The van der Waals surface area contributed by atoms with Crippen LogP contribution in [0.1, 0.15) is 21.6 Å². The van der Waals surface area contributed by atoms with Crippen LogP contribution in [0.25, 0.3) is 11.1 Å². The molecule has 0 saturated carbocycles. The predicted octanol–water partition coefficient (Wildman–Crippen LogP) is 2.82. The molecule has 6 heteroatoms. The number of nitrogens with one attached hydrogen (secondary N) is 2. The molecule has 0 radical (unpaired) electrons. The summed E-state index contributed by atoms with van der Waals surface area (Å²) in [5.74, 6) is -0.416. The number of nitrogens with zero attached hydrogens (tertiary/aromatic N) is 2. The molecule has 2 heterocycles. The highest BCUT2D eigenvalue weighted by molar-refractivity contribution is 5.93. The molecule has 2 amide bonds. The van der Waals surface area contributed by atoms with E-state index >= 15 is 0 Å². The number of aryl methyl sites for hydroxylation is 1. The number of carbonyl (C=O) groups is 2. The molecule has 1 saturated heterocycles. The third-order valence-electron chi connectivity index (χ3n) is 5.30. The van der Waals surface area contributed by atoms with Gasteiger partial charge in [-0.15, -0.1) is 0 Å². The molecule has 1 aromatic heterocycles. The molecule has 148 valence electrons. The quantitative estimate of drug-likeness (QED) is 0.721. The van der Waals surface area contributed by atoms with Crippen LogP contribution < -0.4 is 5.32 Å². The fourth-order valence-corrected chi connectivity index (χ4v) is 3.73. The van der Waals surface area contributed by atoms with Gasteiger partial charge in [-0.1, -0.05) is 54.1 Å². The first-order chi connectivity index (χ1) is 14.1. The maximum absolute atomic E-state index is 12.7. The number of rotatable bonds is 4. The van der Waals surface area contributed by atoms with Crippen LogP contribution in [0.2, 0.25) is 0 Å². The fraction of sp³-hybridized carbons (Fsp3) is 0.261. The first-order valence-electron chi connectivity index (χ1n) is 9.82. The number of aromatic nitrogens is 2. The zero-order valence-corrected chi connectivity index (χ0v) is 16.4. The van der Waals surface area contributed by atoms with Gasteiger partial charge in [-0.05, 0) is 36.1 Å². The number of benzene rings is 2. The average molecular weight is 388 g/mol. The van der Waals surface area contributed by atoms with Crippen molar-refractivity contribution < 1.29 is 9.59 Å². The summed E-state index contributed by atoms with van der Waals surface area (Å²) in [6.45, 7) is 3.43. The summed E-state index contributed by atoms with van der Waals surface area (Å²) in [6.07, 6.45) is 2.15. The van der Waals surface area contributed by atoms with E-state index in [1.165, 1.54) is 11.1 Å². The summed E-state index contributed by atoms with van der Waals surface area (Å²) in [5, 5.41) is 9.49. The lowest BCUT2D eigenvalue weighted by Crippen LogP contribution is -2.37. The minimum atomic E-state index is -0.283. The van der Waals surface area contributed by atoms with Gasteiger partial charge in [-0.3, -0.25) is 14.7 Å². The third-order valence-corrected chi connectivity index (χ3v) is 5.30. The second-order valence-electron chi connectivity index (χ2n) is 7.48. The van der Waals surface area contributed by atoms with Gasteiger partial charge >= 0.3 is 0 Å². The lowest BCUT2D eigenvalue weighted by atomic mass is 9.95. The molecule has 1 unspecified atom stereocenters. The van der Waals surface area contributed by atoms with Gasteiger partial charge in [-0.2, -0.15) is 5.10 Å². The third kappa shape index (κ3) is 4.37. The minimum Gasteiger partial charge on any atom is -0.354 e. The van der Waals surface area contributed by atoms with Crippen LogP contribution >= 0.6 is 0 Å². The maximum atomic E-state index is 12.7. The largest absolute Gasteiger partial charge is 0.354 e. The second-order valence-corrected chi connectivity index (χ2v) is 7.48.